The predicted octanol–water partition coefficient (Wildman–Crippen LogP) is 0.117. The number of nitrogens with zero attached hydrogens (tertiary/aromatic N) is 2. The van der Waals surface area contributed by atoms with Crippen molar-refractivity contribution in [2.24, 2.45) is 5.92 Å². The quantitative estimate of drug-likeness (QED) is 0.686. The Morgan fingerprint density at radius 3 is 2.90 bits per heavy atom. The topological polar surface area (TPSA) is 115 Å². The van der Waals surface area contributed by atoms with Gasteiger partial charge in [-0.1, -0.05) is 0 Å². The van der Waals surface area contributed by atoms with Crippen molar-refractivity contribution in [1.29, 1.82) is 0 Å². The first-order chi connectivity index (χ1) is 9.81. The van der Waals surface area contributed by atoms with E-state index in [1.54, 1.807) is 0 Å². The zero-order valence-corrected chi connectivity index (χ0v) is 12.9. The minimum Gasteiger partial charge on any atom is -0.478 e. The van der Waals surface area contributed by atoms with E-state index in [1.165, 1.54) is 0 Å². The van der Waals surface area contributed by atoms with Crippen LogP contribution in [-0.4, -0.2) is 60.3 Å². The summed E-state index contributed by atoms with van der Waals surface area (Å²) in [5.41, 5.74) is -0.349. The third kappa shape index (κ3) is 3.60. The van der Waals surface area contributed by atoms with E-state index in [-0.39, 0.29) is 11.5 Å². The first-order valence-electron chi connectivity index (χ1n) is 6.81. The number of sulfonamides is 1. The van der Waals surface area contributed by atoms with E-state index >= 15 is 0 Å². The molecule has 2 rings (SSSR count). The van der Waals surface area contributed by atoms with E-state index in [4.69, 9.17) is 5.11 Å². The lowest BCUT2D eigenvalue weighted by molar-refractivity contribution is 0.0692. The maximum absolute atomic E-state index is 12.1. The molecule has 2 heterocycles. The summed E-state index contributed by atoms with van der Waals surface area (Å²) in [5.74, 6) is -1.09. The highest BCUT2D eigenvalue weighted by Crippen LogP contribution is 2.19. The molecule has 1 aliphatic rings. The second-order valence-corrected chi connectivity index (χ2v) is 7.22. The van der Waals surface area contributed by atoms with Crippen molar-refractivity contribution < 1.29 is 18.3 Å². The molecule has 1 fully saturated rings. The number of hydrogen-bond acceptors (Lipinski definition) is 5. The largest absolute Gasteiger partial charge is 0.478 e. The van der Waals surface area contributed by atoms with Crippen molar-refractivity contribution >= 4 is 16.0 Å². The summed E-state index contributed by atoms with van der Waals surface area (Å²) in [4.78, 5) is 13.2. The molecular formula is C12H20N4O4S. The van der Waals surface area contributed by atoms with Crippen LogP contribution < -0.4 is 4.72 Å². The van der Waals surface area contributed by atoms with Gasteiger partial charge in [0.1, 0.15) is 5.56 Å². The zero-order chi connectivity index (χ0) is 15.6. The number of aromatic carboxylic acids is 1. The van der Waals surface area contributed by atoms with Gasteiger partial charge in [-0.25, -0.2) is 17.9 Å². The van der Waals surface area contributed by atoms with E-state index in [2.05, 4.69) is 33.7 Å². The first kappa shape index (κ1) is 15.9. The average Bonchev–Trinajstić information content (AvgIpc) is 3.06. The summed E-state index contributed by atoms with van der Waals surface area (Å²) < 4.78 is 26.7. The molecule has 21 heavy (non-hydrogen) atoms. The molecule has 1 atom stereocenters. The van der Waals surface area contributed by atoms with Crippen LogP contribution >= 0.6 is 0 Å². The summed E-state index contributed by atoms with van der Waals surface area (Å²) in [7, 11) is -3.89. The molecule has 0 bridgehead atoms. The Morgan fingerprint density at radius 1 is 1.62 bits per heavy atom. The van der Waals surface area contributed by atoms with Gasteiger partial charge in [0, 0.05) is 19.1 Å². The number of rotatable bonds is 6. The van der Waals surface area contributed by atoms with Crippen LogP contribution in [0.3, 0.4) is 0 Å². The van der Waals surface area contributed by atoms with Gasteiger partial charge in [-0.2, -0.15) is 5.10 Å². The molecule has 0 saturated carbocycles. The summed E-state index contributed by atoms with van der Waals surface area (Å²) in [6.07, 6.45) is 1.92. The van der Waals surface area contributed by atoms with Crippen molar-refractivity contribution in [1.82, 2.24) is 19.8 Å². The van der Waals surface area contributed by atoms with E-state index in [9.17, 15) is 13.2 Å². The number of nitrogens with one attached hydrogen (secondary N) is 2. The Morgan fingerprint density at radius 2 is 2.33 bits per heavy atom. The van der Waals surface area contributed by atoms with Gasteiger partial charge in [0.05, 0.1) is 6.20 Å². The smallest absolute Gasteiger partial charge is 0.340 e. The molecule has 1 aliphatic heterocycles. The van der Waals surface area contributed by atoms with Gasteiger partial charge in [-0.3, -0.25) is 5.10 Å². The third-order valence-corrected chi connectivity index (χ3v) is 5.11. The predicted molar refractivity (Wildman–Crippen MR) is 75.6 cm³/mol. The van der Waals surface area contributed by atoms with E-state index in [0.29, 0.717) is 12.6 Å². The summed E-state index contributed by atoms with van der Waals surface area (Å²) in [6.45, 7) is 6.31. The van der Waals surface area contributed by atoms with Crippen LogP contribution in [-0.2, 0) is 10.0 Å². The van der Waals surface area contributed by atoms with Gasteiger partial charge in [0.25, 0.3) is 10.0 Å². The SMILES string of the molecule is CC(C)N1CCC(CNS(=O)(=O)c2[nH]ncc2C(=O)O)C1. The minimum atomic E-state index is -3.89. The molecule has 0 aromatic carbocycles. The number of H-pyrrole nitrogens is 1. The molecule has 8 nitrogen and oxygen atoms in total. The molecule has 9 heteroatoms. The van der Waals surface area contributed by atoms with Gasteiger partial charge < -0.3 is 10.0 Å². The van der Waals surface area contributed by atoms with Crippen molar-refractivity contribution in [3.63, 3.8) is 0 Å². The Balaban J connectivity index is 1.99. The standard InChI is InChI=1S/C12H20N4O4S/c1-8(2)16-4-3-9(7-16)5-14-21(19,20)11-10(12(17)18)6-13-15-11/h6,8-9,14H,3-5,7H2,1-2H3,(H,13,15)(H,17,18). The molecule has 1 aromatic heterocycles. The number of carboxylic acids is 1. The number of aromatic nitrogens is 2. The van der Waals surface area contributed by atoms with Crippen LogP contribution in [0.2, 0.25) is 0 Å². The second-order valence-electron chi connectivity index (χ2n) is 5.51. The fourth-order valence-electron chi connectivity index (χ4n) is 2.43. The van der Waals surface area contributed by atoms with Crippen LogP contribution in [0.15, 0.2) is 11.2 Å². The van der Waals surface area contributed by atoms with Gasteiger partial charge in [0.2, 0.25) is 0 Å². The maximum atomic E-state index is 12.1. The molecule has 0 aliphatic carbocycles. The molecule has 1 saturated heterocycles. The Bertz CT molecular complexity index is 611. The lowest BCUT2D eigenvalue weighted by atomic mass is 10.1. The lowest BCUT2D eigenvalue weighted by Crippen LogP contribution is -2.33. The minimum absolute atomic E-state index is 0.235. The zero-order valence-electron chi connectivity index (χ0n) is 12.0. The van der Waals surface area contributed by atoms with E-state index in [0.717, 1.165) is 25.7 Å². The molecule has 0 radical (unpaired) electrons. The van der Waals surface area contributed by atoms with Gasteiger partial charge in [-0.15, -0.1) is 0 Å². The molecule has 0 amide bonds. The van der Waals surface area contributed by atoms with Gasteiger partial charge in [0.15, 0.2) is 5.03 Å². The van der Waals surface area contributed by atoms with Crippen LogP contribution in [0.25, 0.3) is 0 Å². The van der Waals surface area contributed by atoms with Crippen LogP contribution in [0.1, 0.15) is 30.6 Å². The Kier molecular flexibility index (Phi) is 4.64. The van der Waals surface area contributed by atoms with E-state index in [1.807, 2.05) is 0 Å². The molecule has 118 valence electrons. The van der Waals surface area contributed by atoms with Crippen molar-refractivity contribution in [3.8, 4) is 0 Å². The molecule has 1 unspecified atom stereocenters. The number of carboxylic acid groups (broad SMARTS) is 1. The lowest BCUT2D eigenvalue weighted by Gasteiger charge is -2.20. The summed E-state index contributed by atoms with van der Waals surface area (Å²) in [5, 5.41) is 14.3. The Hall–Kier alpha value is -1.45. The van der Waals surface area contributed by atoms with Crippen molar-refractivity contribution in [3.05, 3.63) is 11.8 Å². The fraction of sp³-hybridized carbons (Fsp3) is 0.667. The number of carbonyl (C=O) groups is 1. The number of hydrogen-bond donors (Lipinski definition) is 3. The summed E-state index contributed by atoms with van der Waals surface area (Å²) >= 11 is 0. The third-order valence-electron chi connectivity index (χ3n) is 3.71. The molecule has 1 aromatic rings. The number of likely N-dealkylation sites (tertiary alicyclic amines) is 1. The molecular weight excluding hydrogens is 296 g/mol. The van der Waals surface area contributed by atoms with Crippen LogP contribution in [0.4, 0.5) is 0 Å². The van der Waals surface area contributed by atoms with Crippen molar-refractivity contribution in [2.75, 3.05) is 19.6 Å². The van der Waals surface area contributed by atoms with Crippen LogP contribution in [0, 0.1) is 5.92 Å². The monoisotopic (exact) mass is 316 g/mol. The average molecular weight is 316 g/mol. The van der Waals surface area contributed by atoms with Crippen LogP contribution in [0.5, 0.6) is 0 Å². The highest BCUT2D eigenvalue weighted by atomic mass is 32.2. The Labute approximate surface area is 123 Å². The molecule has 0 spiro atoms. The van der Waals surface area contributed by atoms with Gasteiger partial charge in [-0.05, 0) is 32.7 Å². The number of aromatic amines is 1. The highest BCUT2D eigenvalue weighted by molar-refractivity contribution is 7.89. The normalized spacial score (nSPS) is 20.2. The van der Waals surface area contributed by atoms with E-state index < -0.39 is 21.0 Å². The summed E-state index contributed by atoms with van der Waals surface area (Å²) in [6, 6.07) is 0.442. The highest BCUT2D eigenvalue weighted by Gasteiger charge is 2.28. The molecule has 3 N–H and O–H groups in total. The fourth-order valence-corrected chi connectivity index (χ4v) is 3.63. The first-order valence-corrected chi connectivity index (χ1v) is 8.30. The maximum Gasteiger partial charge on any atom is 0.340 e. The van der Waals surface area contributed by atoms with Gasteiger partial charge >= 0.3 is 5.97 Å². The van der Waals surface area contributed by atoms with Crippen molar-refractivity contribution in [2.45, 2.75) is 31.3 Å². The second kappa shape index (κ2) is 6.12.